The molecule has 0 saturated heterocycles. The van der Waals surface area contributed by atoms with Crippen molar-refractivity contribution in [2.75, 3.05) is 5.32 Å². The third-order valence-corrected chi connectivity index (χ3v) is 4.85. The summed E-state index contributed by atoms with van der Waals surface area (Å²) in [7, 11) is 0. The quantitative estimate of drug-likeness (QED) is 0.485. The minimum absolute atomic E-state index is 0.113. The van der Waals surface area contributed by atoms with Crippen LogP contribution in [0.3, 0.4) is 0 Å². The van der Waals surface area contributed by atoms with Gasteiger partial charge in [0.2, 0.25) is 0 Å². The molecule has 1 N–H and O–H groups in total. The van der Waals surface area contributed by atoms with Gasteiger partial charge in [-0.3, -0.25) is 0 Å². The Balaban J connectivity index is 1.68. The predicted octanol–water partition coefficient (Wildman–Crippen LogP) is 5.34. The molecule has 0 spiro atoms. The molecular weight excluding hydrogens is 365 g/mol. The van der Waals surface area contributed by atoms with E-state index in [0.29, 0.717) is 6.54 Å². The highest BCUT2D eigenvalue weighted by Gasteiger charge is 2.17. The molecule has 0 aliphatic carbocycles. The number of rotatable bonds is 6. The van der Waals surface area contributed by atoms with Crippen LogP contribution < -0.4 is 5.32 Å². The fraction of sp³-hybridized carbons (Fsp3) is 0.174. The molecule has 0 amide bonds. The maximum Gasteiger partial charge on any atom is 0.127 e. The molecule has 4 rings (SSSR count). The van der Waals surface area contributed by atoms with Crippen LogP contribution in [0.1, 0.15) is 25.5 Å². The highest BCUT2D eigenvalue weighted by atomic mass is 19.1. The Morgan fingerprint density at radius 3 is 2.48 bits per heavy atom. The number of benzene rings is 2. The molecule has 2 heterocycles. The topological polar surface area (TPSA) is 55.6 Å². The molecule has 2 aromatic heterocycles. The second kappa shape index (κ2) is 8.22. The van der Waals surface area contributed by atoms with Crippen molar-refractivity contribution < 1.29 is 4.39 Å². The summed E-state index contributed by atoms with van der Waals surface area (Å²) in [6, 6.07) is 20.6. The van der Waals surface area contributed by atoms with E-state index in [4.69, 9.17) is 0 Å². The maximum absolute atomic E-state index is 13.4. The van der Waals surface area contributed by atoms with Gasteiger partial charge in [0.05, 0.1) is 5.69 Å². The van der Waals surface area contributed by atoms with Gasteiger partial charge in [0.1, 0.15) is 17.3 Å². The lowest BCUT2D eigenvalue weighted by Crippen LogP contribution is -2.07. The molecule has 0 fully saturated rings. The maximum atomic E-state index is 13.4. The second-order valence-corrected chi connectivity index (χ2v) is 6.82. The van der Waals surface area contributed by atoms with Gasteiger partial charge in [0, 0.05) is 29.9 Å². The Kier molecular flexibility index (Phi) is 5.33. The molecule has 4 aromatic rings. The van der Waals surface area contributed by atoms with Gasteiger partial charge in [0.15, 0.2) is 0 Å². The molecule has 1 atom stereocenters. The third kappa shape index (κ3) is 4.01. The average Bonchev–Trinajstić information content (AvgIpc) is 3.19. The lowest BCUT2D eigenvalue weighted by atomic mass is 10.0. The summed E-state index contributed by atoms with van der Waals surface area (Å²) in [6.45, 7) is 4.77. The van der Waals surface area contributed by atoms with Crippen molar-refractivity contribution in [3.8, 4) is 22.5 Å². The summed E-state index contributed by atoms with van der Waals surface area (Å²) in [4.78, 5) is 4.46. The Hall–Kier alpha value is -3.54. The normalized spacial score (nSPS) is 12.0. The molecule has 0 radical (unpaired) electrons. The summed E-state index contributed by atoms with van der Waals surface area (Å²) in [6.07, 6.45) is 1.76. The number of nitrogens with zero attached hydrogens (tertiary/aromatic N) is 4. The molecule has 29 heavy (non-hydrogen) atoms. The zero-order valence-corrected chi connectivity index (χ0v) is 16.4. The number of aryl methyl sites for hydroxylation is 1. The van der Waals surface area contributed by atoms with Gasteiger partial charge < -0.3 is 5.32 Å². The van der Waals surface area contributed by atoms with E-state index in [0.717, 1.165) is 28.3 Å². The summed E-state index contributed by atoms with van der Waals surface area (Å²) >= 11 is 0. The first-order valence-corrected chi connectivity index (χ1v) is 9.63. The minimum Gasteiger partial charge on any atom is -0.364 e. The van der Waals surface area contributed by atoms with Crippen LogP contribution in [0, 0.1) is 5.82 Å². The number of nitrogens with one attached hydrogen (secondary N) is 1. The molecule has 0 aliphatic heterocycles. The smallest absolute Gasteiger partial charge is 0.127 e. The Morgan fingerprint density at radius 2 is 1.76 bits per heavy atom. The molecule has 0 saturated carbocycles. The zero-order valence-electron chi connectivity index (χ0n) is 16.4. The van der Waals surface area contributed by atoms with E-state index in [1.54, 1.807) is 18.3 Å². The number of halogens is 1. The molecule has 6 heteroatoms. The summed E-state index contributed by atoms with van der Waals surface area (Å²) < 4.78 is 15.2. The van der Waals surface area contributed by atoms with Gasteiger partial charge in [-0.15, -0.1) is 5.10 Å². The monoisotopic (exact) mass is 387 g/mol. The van der Waals surface area contributed by atoms with Gasteiger partial charge in [-0.05, 0) is 55.8 Å². The minimum atomic E-state index is -0.267. The summed E-state index contributed by atoms with van der Waals surface area (Å²) in [5.41, 5.74) is 4.57. The average molecular weight is 387 g/mol. The van der Waals surface area contributed by atoms with Gasteiger partial charge in [-0.2, -0.15) is 0 Å². The van der Waals surface area contributed by atoms with Crippen molar-refractivity contribution in [3.05, 3.63) is 84.3 Å². The lowest BCUT2D eigenvalue weighted by Gasteiger charge is -2.15. The highest BCUT2D eigenvalue weighted by molar-refractivity contribution is 5.78. The second-order valence-electron chi connectivity index (χ2n) is 6.82. The summed E-state index contributed by atoms with van der Waals surface area (Å²) in [5.74, 6) is 0.492. The lowest BCUT2D eigenvalue weighted by molar-refractivity contribution is 0.625. The van der Waals surface area contributed by atoms with Crippen LogP contribution in [-0.2, 0) is 6.54 Å². The summed E-state index contributed by atoms with van der Waals surface area (Å²) in [5, 5.41) is 12.1. The predicted molar refractivity (Wildman–Crippen MR) is 113 cm³/mol. The standard InChI is InChI=1S/C23H22FN5/c1-3-29-23(18-9-11-20(24)12-10-18)22(27-28-29)19-13-14-25-21(15-19)26-16(2)17-7-5-4-6-8-17/h4-16H,3H2,1-2H3,(H,25,26)/t16-/m0/s1. The number of anilines is 1. The van der Waals surface area contributed by atoms with Crippen molar-refractivity contribution in [3.63, 3.8) is 0 Å². The van der Waals surface area contributed by atoms with E-state index in [-0.39, 0.29) is 11.9 Å². The SMILES string of the molecule is CCn1nnc(-c2ccnc(N[C@@H](C)c3ccccc3)c2)c1-c1ccc(F)cc1. The Bertz CT molecular complexity index is 1090. The van der Waals surface area contributed by atoms with Crippen molar-refractivity contribution in [1.29, 1.82) is 0 Å². The van der Waals surface area contributed by atoms with E-state index >= 15 is 0 Å². The fourth-order valence-corrected chi connectivity index (χ4v) is 3.33. The Morgan fingerprint density at radius 1 is 1.00 bits per heavy atom. The van der Waals surface area contributed by atoms with E-state index < -0.39 is 0 Å². The van der Waals surface area contributed by atoms with E-state index in [9.17, 15) is 4.39 Å². The van der Waals surface area contributed by atoms with Crippen LogP contribution in [0.2, 0.25) is 0 Å². The van der Waals surface area contributed by atoms with E-state index in [1.165, 1.54) is 17.7 Å². The van der Waals surface area contributed by atoms with Crippen molar-refractivity contribution >= 4 is 5.82 Å². The first-order valence-electron chi connectivity index (χ1n) is 9.63. The molecular formula is C23H22FN5. The van der Waals surface area contributed by atoms with Crippen molar-refractivity contribution in [2.45, 2.75) is 26.4 Å². The molecule has 2 aromatic carbocycles. The molecule has 0 aliphatic rings. The number of aromatic nitrogens is 4. The molecule has 146 valence electrons. The van der Waals surface area contributed by atoms with Crippen LogP contribution in [0.15, 0.2) is 72.9 Å². The van der Waals surface area contributed by atoms with E-state index in [1.807, 2.05) is 41.9 Å². The van der Waals surface area contributed by atoms with Gasteiger partial charge in [-0.1, -0.05) is 35.5 Å². The molecule has 0 unspecified atom stereocenters. The van der Waals surface area contributed by atoms with Crippen LogP contribution in [0.5, 0.6) is 0 Å². The fourth-order valence-electron chi connectivity index (χ4n) is 3.33. The van der Waals surface area contributed by atoms with Gasteiger partial charge >= 0.3 is 0 Å². The number of hydrogen-bond acceptors (Lipinski definition) is 4. The van der Waals surface area contributed by atoms with Crippen LogP contribution in [0.25, 0.3) is 22.5 Å². The van der Waals surface area contributed by atoms with E-state index in [2.05, 4.69) is 39.7 Å². The number of pyridine rings is 1. The first kappa shape index (κ1) is 18.8. The highest BCUT2D eigenvalue weighted by Crippen LogP contribution is 2.31. The van der Waals surface area contributed by atoms with Gasteiger partial charge in [-0.25, -0.2) is 14.1 Å². The van der Waals surface area contributed by atoms with Crippen molar-refractivity contribution in [2.24, 2.45) is 0 Å². The first-order chi connectivity index (χ1) is 14.2. The molecule has 5 nitrogen and oxygen atoms in total. The van der Waals surface area contributed by atoms with Crippen LogP contribution in [0.4, 0.5) is 10.2 Å². The van der Waals surface area contributed by atoms with Crippen LogP contribution >= 0.6 is 0 Å². The molecule has 0 bridgehead atoms. The van der Waals surface area contributed by atoms with Gasteiger partial charge in [0.25, 0.3) is 0 Å². The largest absolute Gasteiger partial charge is 0.364 e. The Labute approximate surface area is 169 Å². The third-order valence-electron chi connectivity index (χ3n) is 4.85. The number of hydrogen-bond donors (Lipinski definition) is 1. The van der Waals surface area contributed by atoms with Crippen molar-refractivity contribution in [1.82, 2.24) is 20.0 Å². The zero-order chi connectivity index (χ0) is 20.2. The van der Waals surface area contributed by atoms with Crippen LogP contribution in [-0.4, -0.2) is 20.0 Å².